The Morgan fingerprint density at radius 2 is 1.09 bits per heavy atom. The first-order chi connectivity index (χ1) is 36.5. The lowest BCUT2D eigenvalue weighted by molar-refractivity contribution is -0.144. The van der Waals surface area contributed by atoms with E-state index in [0.29, 0.717) is 51.8 Å². The number of ether oxygens (including phenoxy) is 2. The molecule has 4 saturated heterocycles. The van der Waals surface area contributed by atoms with Crippen LogP contribution < -0.4 is 26.6 Å². The third-order valence-electron chi connectivity index (χ3n) is 14.4. The molecule has 0 aromatic heterocycles. The molecule has 10 rings (SSSR count). The zero-order valence-corrected chi connectivity index (χ0v) is 41.8. The highest BCUT2D eigenvalue weighted by atomic mass is 19.2. The lowest BCUT2D eigenvalue weighted by Crippen LogP contribution is -2.46. The molecule has 0 unspecified atom stereocenters. The first kappa shape index (κ1) is 60.0. The van der Waals surface area contributed by atoms with E-state index < -0.39 is 113 Å². The van der Waals surface area contributed by atoms with Crippen molar-refractivity contribution in [2.45, 2.75) is 115 Å². The fraction of sp³-hybridized carbons (Fsp3) is 0.407. The molecule has 0 saturated carbocycles. The number of nitrogens with zero attached hydrogens (tertiary/aromatic N) is 3. The van der Waals surface area contributed by atoms with E-state index in [4.69, 9.17) is 14.6 Å². The number of likely N-dealkylation sites (tertiary alicyclic amines) is 1. The van der Waals surface area contributed by atoms with Crippen LogP contribution in [0.4, 0.5) is 56.9 Å². The Labute approximate surface area is 450 Å². The summed E-state index contributed by atoms with van der Waals surface area (Å²) in [5.74, 6) is -8.71. The van der Waals surface area contributed by atoms with E-state index in [9.17, 15) is 64.7 Å². The summed E-state index contributed by atoms with van der Waals surface area (Å²) in [7, 11) is 2.76. The molecule has 6 aliphatic rings. The summed E-state index contributed by atoms with van der Waals surface area (Å²) in [6, 6.07) is 11.0. The zero-order chi connectivity index (χ0) is 55.8. The molecule has 2 aliphatic carbocycles. The fourth-order valence-electron chi connectivity index (χ4n) is 10.6. The second-order valence-corrected chi connectivity index (χ2v) is 19.2. The number of carboxylic acid groups (broad SMARTS) is 1. The topological polar surface area (TPSA) is 245 Å². The molecule has 25 heteroatoms. The van der Waals surface area contributed by atoms with Gasteiger partial charge < -0.3 is 46.1 Å². The first-order valence-electron chi connectivity index (χ1n) is 24.4. The molecular weight excluding hydrogens is 1050 g/mol. The number of amides is 9. The molecule has 424 valence electrons. The number of rotatable bonds is 8. The van der Waals surface area contributed by atoms with Crippen LogP contribution in [-0.2, 0) is 52.7 Å². The Hall–Kier alpha value is -8.22. The van der Waals surface area contributed by atoms with Crippen LogP contribution >= 0.6 is 0 Å². The fourth-order valence-corrected chi connectivity index (χ4v) is 10.6. The van der Waals surface area contributed by atoms with E-state index in [-0.39, 0.29) is 68.7 Å². The van der Waals surface area contributed by atoms with Gasteiger partial charge in [-0.25, -0.2) is 55.3 Å². The van der Waals surface area contributed by atoms with E-state index in [1.165, 1.54) is 49.3 Å². The van der Waals surface area contributed by atoms with Crippen molar-refractivity contribution in [1.29, 1.82) is 0 Å². The van der Waals surface area contributed by atoms with Crippen molar-refractivity contribution in [2.75, 3.05) is 37.8 Å². The maximum absolute atomic E-state index is 14.8. The number of urea groups is 2. The molecule has 0 bridgehead atoms. The highest BCUT2D eigenvalue weighted by Gasteiger charge is 2.60. The second kappa shape index (κ2) is 23.8. The minimum atomic E-state index is -1.77. The molecule has 2 spiro atoms. The minimum absolute atomic E-state index is 0. The van der Waals surface area contributed by atoms with Crippen molar-refractivity contribution < 1.29 is 79.3 Å². The van der Waals surface area contributed by atoms with Gasteiger partial charge in [0, 0.05) is 56.2 Å². The van der Waals surface area contributed by atoms with Crippen molar-refractivity contribution in [3.05, 3.63) is 129 Å². The number of carboxylic acids is 1. The van der Waals surface area contributed by atoms with Crippen molar-refractivity contribution in [3.8, 4) is 0 Å². The smallest absolute Gasteiger partial charge is 0.418 e. The van der Waals surface area contributed by atoms with E-state index in [0.717, 1.165) is 42.7 Å². The molecule has 9 amide bonds. The van der Waals surface area contributed by atoms with Gasteiger partial charge in [0.1, 0.15) is 24.7 Å². The van der Waals surface area contributed by atoms with Gasteiger partial charge in [-0.3, -0.25) is 19.2 Å². The summed E-state index contributed by atoms with van der Waals surface area (Å²) < 4.78 is 92.7. The van der Waals surface area contributed by atoms with Crippen LogP contribution in [-0.4, -0.2) is 107 Å². The Kier molecular flexibility index (Phi) is 18.1. The SMILES string of the molecule is C.C.CNC(=O)Nc1cc2c(cc1F)[C@@]1(CC2)OC(=O)N(CC(=O)N2[C@@H](C)CC[C@H]2c2ccc(F)c(F)c2)C1=O.CNC(=O)Nc1cc2c(cc1F)[C@@]1(CC2)OC(=O)N(CC(=O)O)C1=O.C[C@H]1CC[C@@H](c2ccc(F)c(F)c2)N1. The number of halogens is 6. The largest absolute Gasteiger partial charge is 0.480 e. The lowest BCUT2D eigenvalue weighted by Gasteiger charge is -2.30. The standard InChI is InChI=1S/C26H25F3N4O5.C15H14FN3O6.C11H13F2N.2CH4/c1-13-3-6-21(15-4-5-17(27)18(28)9-15)33(13)22(34)12-32-23(35)26(38-25(32)37)8-7-14-10-20(31-24(36)30-2)19(29)11-16(14)26;1-17-13(23)18-10-4-7-2-3-15(8(7)5-9(10)16)12(22)19(6-11(20)21)14(24)25-15;1-7-2-5-11(14-7)8-3-4-9(12)10(13)6-8;;/h4-5,9-11,13,21H,3,6-8,12H2,1-2H3,(H2,30,31,36);4-5H,2-3,6H2,1H3,(H,20,21)(H2,17,18,23);3-4,6-7,11,14H,2,5H2,1H3;2*1H4/t13-,21-,26+;15-;7-,11-;;/m010../s1. The molecule has 0 radical (unpaired) electrons. The lowest BCUT2D eigenvalue weighted by atomic mass is 9.94. The number of hydrogen-bond donors (Lipinski definition) is 6. The molecule has 4 aromatic carbocycles. The molecule has 19 nitrogen and oxygen atoms in total. The number of hydrogen-bond acceptors (Lipinski definition) is 11. The summed E-state index contributed by atoms with van der Waals surface area (Å²) in [6.07, 6.45) is 1.78. The van der Waals surface area contributed by atoms with Gasteiger partial charge in [-0.05, 0) is 123 Å². The summed E-state index contributed by atoms with van der Waals surface area (Å²) in [5.41, 5.74) is -1.00. The third-order valence-corrected chi connectivity index (χ3v) is 14.4. The van der Waals surface area contributed by atoms with Gasteiger partial charge in [-0.15, -0.1) is 0 Å². The molecule has 4 aromatic rings. The van der Waals surface area contributed by atoms with E-state index in [1.54, 1.807) is 13.0 Å². The molecule has 79 heavy (non-hydrogen) atoms. The number of aliphatic carboxylic acids is 1. The summed E-state index contributed by atoms with van der Waals surface area (Å²) in [5, 5.41) is 21.4. The van der Waals surface area contributed by atoms with Crippen LogP contribution in [0.25, 0.3) is 0 Å². The molecule has 4 heterocycles. The first-order valence-corrected chi connectivity index (χ1v) is 24.4. The summed E-state index contributed by atoms with van der Waals surface area (Å²) in [4.78, 5) is 101. The van der Waals surface area contributed by atoms with Gasteiger partial charge >= 0.3 is 30.2 Å². The zero-order valence-electron chi connectivity index (χ0n) is 41.8. The van der Waals surface area contributed by atoms with Gasteiger partial charge in [0.2, 0.25) is 17.1 Å². The second-order valence-electron chi connectivity index (χ2n) is 19.2. The van der Waals surface area contributed by atoms with Crippen LogP contribution in [0.15, 0.2) is 60.7 Å². The number of benzene rings is 4. The Morgan fingerprint density at radius 1 is 0.620 bits per heavy atom. The predicted octanol–water partition coefficient (Wildman–Crippen LogP) is 8.56. The van der Waals surface area contributed by atoms with E-state index in [2.05, 4.69) is 33.5 Å². The number of carbonyl (C=O) groups is 8. The van der Waals surface area contributed by atoms with E-state index >= 15 is 0 Å². The predicted molar refractivity (Wildman–Crippen MR) is 272 cm³/mol. The molecule has 6 N–H and O–H groups in total. The van der Waals surface area contributed by atoms with Crippen LogP contribution in [0.5, 0.6) is 0 Å². The number of imide groups is 2. The van der Waals surface area contributed by atoms with Crippen molar-refractivity contribution in [2.24, 2.45) is 0 Å². The molecule has 4 fully saturated rings. The molecular formula is C54H60F6N8O11. The van der Waals surface area contributed by atoms with Gasteiger partial charge in [0.25, 0.3) is 11.8 Å². The number of fused-ring (bicyclic) bond motifs is 4. The maximum atomic E-state index is 14.8. The highest BCUT2D eigenvalue weighted by molar-refractivity contribution is 6.07. The summed E-state index contributed by atoms with van der Waals surface area (Å²) in [6.45, 7) is 2.45. The van der Waals surface area contributed by atoms with Gasteiger partial charge in [0.05, 0.1) is 17.4 Å². The van der Waals surface area contributed by atoms with E-state index in [1.807, 2.05) is 0 Å². The number of aryl methyl sites for hydroxylation is 2. The molecule has 6 atom stereocenters. The minimum Gasteiger partial charge on any atom is -0.480 e. The quantitative estimate of drug-likeness (QED) is 0.0909. The number of carbonyl (C=O) groups excluding carboxylic acids is 7. The van der Waals surface area contributed by atoms with Crippen LogP contribution in [0.2, 0.25) is 0 Å². The monoisotopic (exact) mass is 1110 g/mol. The maximum Gasteiger partial charge on any atom is 0.418 e. The highest BCUT2D eigenvalue weighted by Crippen LogP contribution is 2.48. The van der Waals surface area contributed by atoms with Gasteiger partial charge in [-0.2, -0.15) is 0 Å². The van der Waals surface area contributed by atoms with Crippen molar-refractivity contribution in [1.82, 2.24) is 30.7 Å². The van der Waals surface area contributed by atoms with Crippen molar-refractivity contribution in [3.63, 3.8) is 0 Å². The Balaban J connectivity index is 0.000000211. The van der Waals surface area contributed by atoms with Crippen LogP contribution in [0.3, 0.4) is 0 Å². The van der Waals surface area contributed by atoms with Crippen molar-refractivity contribution >= 4 is 59.3 Å². The Morgan fingerprint density at radius 3 is 1.53 bits per heavy atom. The summed E-state index contributed by atoms with van der Waals surface area (Å²) >= 11 is 0. The van der Waals surface area contributed by atoms with Crippen LogP contribution in [0, 0.1) is 34.9 Å². The average Bonchev–Trinajstić information content (AvgIpc) is 4.45. The number of anilines is 2. The number of nitrogens with one attached hydrogen (secondary N) is 5. The normalized spacial score (nSPS) is 23.1. The average molecular weight is 1110 g/mol. The van der Waals surface area contributed by atoms with Gasteiger partial charge in [-0.1, -0.05) is 27.0 Å². The molecule has 4 aliphatic heterocycles. The third kappa shape index (κ3) is 11.7. The Bertz CT molecular complexity index is 3110. The van der Waals surface area contributed by atoms with Gasteiger partial charge in [0.15, 0.2) is 23.3 Å². The van der Waals surface area contributed by atoms with Crippen LogP contribution in [0.1, 0.15) is 113 Å².